The van der Waals surface area contributed by atoms with Crippen molar-refractivity contribution >= 4 is 22.9 Å². The lowest BCUT2D eigenvalue weighted by atomic mass is 9.97. The van der Waals surface area contributed by atoms with Gasteiger partial charge in [-0.05, 0) is 31.5 Å². The number of likely N-dealkylation sites (tertiary alicyclic amines) is 1. The Balaban J connectivity index is 1.30. The molecule has 0 radical (unpaired) electrons. The van der Waals surface area contributed by atoms with Gasteiger partial charge < -0.3 is 14.8 Å². The van der Waals surface area contributed by atoms with Gasteiger partial charge in [-0.1, -0.05) is 12.1 Å². The smallest absolute Gasteiger partial charge is 0.228 e. The number of piperidine rings is 1. The molecule has 0 saturated carbocycles. The number of nitrogens with one attached hydrogen (secondary N) is 1. The van der Waals surface area contributed by atoms with E-state index in [1.54, 1.807) is 24.0 Å². The standard InChI is InChI=1S/C19H22N6OS/c26-19(23-17-5-3-15(4-6-17)18-11-27-14-20-18)16-2-1-7-24(10-16)8-9-25-12-21-22-13-25/h3-6,11-14,16H,1-2,7-10H2,(H,23,26)/t16-/m0/s1. The highest BCUT2D eigenvalue weighted by Gasteiger charge is 2.25. The Bertz CT molecular complexity index is 847. The molecular formula is C19H22N6OS. The Hall–Kier alpha value is -2.58. The van der Waals surface area contributed by atoms with Crippen molar-refractivity contribution < 1.29 is 4.79 Å². The SMILES string of the molecule is O=C(Nc1ccc(-c2cscn2)cc1)[C@H]1CCCN(CCn2cnnc2)C1. The molecule has 0 bridgehead atoms. The number of amides is 1. The summed E-state index contributed by atoms with van der Waals surface area (Å²) < 4.78 is 1.97. The van der Waals surface area contributed by atoms with E-state index in [1.807, 2.05) is 39.7 Å². The number of anilines is 1. The molecule has 4 rings (SSSR count). The topological polar surface area (TPSA) is 75.9 Å². The molecule has 3 heterocycles. The summed E-state index contributed by atoms with van der Waals surface area (Å²) in [7, 11) is 0. The maximum Gasteiger partial charge on any atom is 0.228 e. The lowest BCUT2D eigenvalue weighted by Crippen LogP contribution is -2.41. The average molecular weight is 382 g/mol. The molecule has 0 spiro atoms. The number of rotatable bonds is 6. The van der Waals surface area contributed by atoms with Gasteiger partial charge in [0, 0.05) is 36.3 Å². The summed E-state index contributed by atoms with van der Waals surface area (Å²) in [5.74, 6) is 0.128. The van der Waals surface area contributed by atoms with Crippen LogP contribution in [0, 0.1) is 5.92 Å². The molecule has 0 aliphatic carbocycles. The summed E-state index contributed by atoms with van der Waals surface area (Å²) in [5.41, 5.74) is 4.69. The molecule has 1 saturated heterocycles. The molecule has 140 valence electrons. The number of hydrogen-bond acceptors (Lipinski definition) is 6. The van der Waals surface area contributed by atoms with E-state index in [2.05, 4.69) is 25.4 Å². The minimum atomic E-state index is 0.0258. The molecule has 8 heteroatoms. The van der Waals surface area contributed by atoms with Gasteiger partial charge in [0.15, 0.2) is 0 Å². The number of thiazole rings is 1. The first-order valence-electron chi connectivity index (χ1n) is 9.12. The van der Waals surface area contributed by atoms with Gasteiger partial charge in [0.05, 0.1) is 17.1 Å². The Morgan fingerprint density at radius 2 is 2.00 bits per heavy atom. The minimum absolute atomic E-state index is 0.0258. The number of carbonyl (C=O) groups excluding carboxylic acids is 1. The van der Waals surface area contributed by atoms with Crippen LogP contribution in [0.2, 0.25) is 0 Å². The third-order valence-electron chi connectivity index (χ3n) is 4.90. The predicted molar refractivity (Wildman–Crippen MR) is 105 cm³/mol. The van der Waals surface area contributed by atoms with E-state index in [0.717, 1.165) is 56.0 Å². The Kier molecular flexibility index (Phi) is 5.55. The summed E-state index contributed by atoms with van der Waals surface area (Å²) >= 11 is 1.58. The molecule has 27 heavy (non-hydrogen) atoms. The fourth-order valence-corrected chi connectivity index (χ4v) is 3.95. The first-order valence-corrected chi connectivity index (χ1v) is 10.1. The van der Waals surface area contributed by atoms with Gasteiger partial charge in [0.25, 0.3) is 0 Å². The number of carbonyl (C=O) groups is 1. The molecule has 1 amide bonds. The summed E-state index contributed by atoms with van der Waals surface area (Å²) in [4.78, 5) is 19.3. The first-order chi connectivity index (χ1) is 13.3. The van der Waals surface area contributed by atoms with Crippen LogP contribution < -0.4 is 5.32 Å². The van der Waals surface area contributed by atoms with Crippen molar-refractivity contribution in [2.24, 2.45) is 5.92 Å². The molecule has 3 aromatic rings. The van der Waals surface area contributed by atoms with Gasteiger partial charge in [-0.25, -0.2) is 4.98 Å². The van der Waals surface area contributed by atoms with Crippen LogP contribution in [0.1, 0.15) is 12.8 Å². The lowest BCUT2D eigenvalue weighted by molar-refractivity contribution is -0.121. The second-order valence-electron chi connectivity index (χ2n) is 6.78. The molecule has 2 aromatic heterocycles. The molecule has 1 aliphatic heterocycles. The van der Waals surface area contributed by atoms with Crippen molar-refractivity contribution in [3.8, 4) is 11.3 Å². The Morgan fingerprint density at radius 1 is 1.19 bits per heavy atom. The molecule has 1 aliphatic rings. The fourth-order valence-electron chi connectivity index (χ4n) is 3.39. The van der Waals surface area contributed by atoms with Crippen LogP contribution >= 0.6 is 11.3 Å². The van der Waals surface area contributed by atoms with Crippen LogP contribution in [0.5, 0.6) is 0 Å². The normalized spacial score (nSPS) is 17.7. The van der Waals surface area contributed by atoms with E-state index in [0.29, 0.717) is 0 Å². The summed E-state index contributed by atoms with van der Waals surface area (Å²) in [6, 6.07) is 7.88. The number of benzene rings is 1. The summed E-state index contributed by atoms with van der Waals surface area (Å²) in [6.07, 6.45) is 5.43. The van der Waals surface area contributed by atoms with Crippen LogP contribution in [0.3, 0.4) is 0 Å². The van der Waals surface area contributed by atoms with Crippen molar-refractivity contribution in [3.05, 3.63) is 47.8 Å². The monoisotopic (exact) mass is 382 g/mol. The maximum absolute atomic E-state index is 12.7. The van der Waals surface area contributed by atoms with Crippen LogP contribution in [0.25, 0.3) is 11.3 Å². The zero-order valence-corrected chi connectivity index (χ0v) is 15.8. The van der Waals surface area contributed by atoms with Crippen LogP contribution in [-0.4, -0.2) is 50.2 Å². The van der Waals surface area contributed by atoms with Crippen molar-refractivity contribution in [1.82, 2.24) is 24.6 Å². The lowest BCUT2D eigenvalue weighted by Gasteiger charge is -2.31. The highest BCUT2D eigenvalue weighted by molar-refractivity contribution is 7.07. The highest BCUT2D eigenvalue weighted by Crippen LogP contribution is 2.23. The van der Waals surface area contributed by atoms with Crippen molar-refractivity contribution in [1.29, 1.82) is 0 Å². The fraction of sp³-hybridized carbons (Fsp3) is 0.368. The van der Waals surface area contributed by atoms with E-state index in [-0.39, 0.29) is 11.8 Å². The van der Waals surface area contributed by atoms with E-state index in [4.69, 9.17) is 0 Å². The second-order valence-corrected chi connectivity index (χ2v) is 7.50. The largest absolute Gasteiger partial charge is 0.326 e. The number of aromatic nitrogens is 4. The summed E-state index contributed by atoms with van der Waals surface area (Å²) in [5, 5.41) is 12.7. The van der Waals surface area contributed by atoms with Gasteiger partial charge in [-0.15, -0.1) is 21.5 Å². The molecule has 0 unspecified atom stereocenters. The Morgan fingerprint density at radius 3 is 2.74 bits per heavy atom. The van der Waals surface area contributed by atoms with Gasteiger partial charge in [-0.3, -0.25) is 4.79 Å². The highest BCUT2D eigenvalue weighted by atomic mass is 32.1. The Labute approximate surface area is 162 Å². The first kappa shape index (κ1) is 17.8. The number of nitrogens with zero attached hydrogens (tertiary/aromatic N) is 5. The zero-order valence-electron chi connectivity index (χ0n) is 15.0. The minimum Gasteiger partial charge on any atom is -0.326 e. The predicted octanol–water partition coefficient (Wildman–Crippen LogP) is 2.75. The molecule has 7 nitrogen and oxygen atoms in total. The third kappa shape index (κ3) is 4.58. The third-order valence-corrected chi connectivity index (χ3v) is 5.48. The molecule has 1 N–H and O–H groups in total. The molecule has 1 aromatic carbocycles. The second kappa shape index (κ2) is 8.41. The van der Waals surface area contributed by atoms with E-state index < -0.39 is 0 Å². The maximum atomic E-state index is 12.7. The van der Waals surface area contributed by atoms with E-state index in [1.165, 1.54) is 0 Å². The van der Waals surface area contributed by atoms with Crippen LogP contribution in [0.15, 0.2) is 47.8 Å². The van der Waals surface area contributed by atoms with Gasteiger partial charge >= 0.3 is 0 Å². The summed E-state index contributed by atoms with van der Waals surface area (Å²) in [6.45, 7) is 3.59. The molecular weight excluding hydrogens is 360 g/mol. The van der Waals surface area contributed by atoms with Crippen LogP contribution in [0.4, 0.5) is 5.69 Å². The average Bonchev–Trinajstić information content (AvgIpc) is 3.41. The van der Waals surface area contributed by atoms with E-state index >= 15 is 0 Å². The molecule has 1 fully saturated rings. The van der Waals surface area contributed by atoms with Gasteiger partial charge in [0.1, 0.15) is 12.7 Å². The van der Waals surface area contributed by atoms with E-state index in [9.17, 15) is 4.79 Å². The zero-order chi connectivity index (χ0) is 18.5. The van der Waals surface area contributed by atoms with Crippen molar-refractivity contribution in [3.63, 3.8) is 0 Å². The van der Waals surface area contributed by atoms with Crippen LogP contribution in [-0.2, 0) is 11.3 Å². The van der Waals surface area contributed by atoms with Crippen molar-refractivity contribution in [2.45, 2.75) is 19.4 Å². The number of hydrogen-bond donors (Lipinski definition) is 1. The quantitative estimate of drug-likeness (QED) is 0.709. The van der Waals surface area contributed by atoms with Gasteiger partial charge in [-0.2, -0.15) is 0 Å². The van der Waals surface area contributed by atoms with Crippen molar-refractivity contribution in [2.75, 3.05) is 25.0 Å². The van der Waals surface area contributed by atoms with Gasteiger partial charge in [0.2, 0.25) is 5.91 Å². The molecule has 1 atom stereocenters.